The van der Waals surface area contributed by atoms with Crippen LogP contribution in [0.1, 0.15) is 10.4 Å². The standard InChI is InChI=1S/C11H11NO7/c1-17-9(13)6-19-10-7(11(14)18-2)4-3-5-8(10)12(15)16/h3-5H,6H2,1-2H3. The number of methoxy groups -OCH3 is 2. The maximum atomic E-state index is 11.5. The summed E-state index contributed by atoms with van der Waals surface area (Å²) in [4.78, 5) is 32.6. The summed E-state index contributed by atoms with van der Waals surface area (Å²) in [6, 6.07) is 3.76. The molecule has 0 aliphatic heterocycles. The molecule has 0 N–H and O–H groups in total. The molecular formula is C11H11NO7. The van der Waals surface area contributed by atoms with Crippen molar-refractivity contribution < 1.29 is 28.7 Å². The van der Waals surface area contributed by atoms with E-state index in [2.05, 4.69) is 9.47 Å². The van der Waals surface area contributed by atoms with Crippen LogP contribution in [0.5, 0.6) is 5.75 Å². The monoisotopic (exact) mass is 269 g/mol. The van der Waals surface area contributed by atoms with Crippen LogP contribution in [0.4, 0.5) is 5.69 Å². The lowest BCUT2D eigenvalue weighted by atomic mass is 10.1. The molecule has 0 radical (unpaired) electrons. The minimum Gasteiger partial charge on any atom is -0.474 e. The van der Waals surface area contributed by atoms with Crippen LogP contribution in [0.3, 0.4) is 0 Å². The predicted molar refractivity (Wildman–Crippen MR) is 61.9 cm³/mol. The first-order chi connectivity index (χ1) is 9.01. The summed E-state index contributed by atoms with van der Waals surface area (Å²) in [5.74, 6) is -1.86. The normalized spacial score (nSPS) is 9.58. The second kappa shape index (κ2) is 6.34. The highest BCUT2D eigenvalue weighted by Gasteiger charge is 2.24. The molecule has 0 bridgehead atoms. The average Bonchev–Trinajstić information content (AvgIpc) is 2.43. The van der Waals surface area contributed by atoms with Crippen LogP contribution in [-0.4, -0.2) is 37.7 Å². The number of carbonyl (C=O) groups excluding carboxylic acids is 2. The van der Waals surface area contributed by atoms with Crippen molar-refractivity contribution in [2.75, 3.05) is 20.8 Å². The van der Waals surface area contributed by atoms with E-state index < -0.39 is 29.2 Å². The molecule has 19 heavy (non-hydrogen) atoms. The molecule has 1 aromatic carbocycles. The van der Waals surface area contributed by atoms with Crippen molar-refractivity contribution in [3.05, 3.63) is 33.9 Å². The van der Waals surface area contributed by atoms with Gasteiger partial charge in [0.15, 0.2) is 6.61 Å². The van der Waals surface area contributed by atoms with Gasteiger partial charge in [0.2, 0.25) is 5.75 Å². The first-order valence-corrected chi connectivity index (χ1v) is 5.06. The summed E-state index contributed by atoms with van der Waals surface area (Å²) in [5, 5.41) is 10.9. The Balaban J connectivity index is 3.17. The number of nitrogens with zero attached hydrogens (tertiary/aromatic N) is 1. The fraction of sp³-hybridized carbons (Fsp3) is 0.273. The van der Waals surface area contributed by atoms with Crippen LogP contribution in [0.25, 0.3) is 0 Å². The van der Waals surface area contributed by atoms with E-state index in [4.69, 9.17) is 4.74 Å². The van der Waals surface area contributed by atoms with Crippen molar-refractivity contribution in [3.8, 4) is 5.75 Å². The molecule has 1 rings (SSSR count). The van der Waals surface area contributed by atoms with Crippen molar-refractivity contribution in [3.63, 3.8) is 0 Å². The molecule has 0 aliphatic carbocycles. The quantitative estimate of drug-likeness (QED) is 0.444. The van der Waals surface area contributed by atoms with Crippen molar-refractivity contribution in [2.45, 2.75) is 0 Å². The summed E-state index contributed by atoms with van der Waals surface area (Å²) >= 11 is 0. The summed E-state index contributed by atoms with van der Waals surface area (Å²) in [6.45, 7) is -0.550. The zero-order valence-corrected chi connectivity index (χ0v) is 10.2. The predicted octanol–water partition coefficient (Wildman–Crippen LogP) is 0.933. The van der Waals surface area contributed by atoms with Gasteiger partial charge in [0.1, 0.15) is 5.56 Å². The molecule has 102 valence electrons. The van der Waals surface area contributed by atoms with E-state index in [1.165, 1.54) is 12.1 Å². The van der Waals surface area contributed by atoms with Gasteiger partial charge in [-0.05, 0) is 6.07 Å². The van der Waals surface area contributed by atoms with E-state index in [0.717, 1.165) is 20.3 Å². The van der Waals surface area contributed by atoms with Gasteiger partial charge in [0.05, 0.1) is 19.1 Å². The number of esters is 2. The number of benzene rings is 1. The molecule has 1 aromatic rings. The molecule has 0 saturated heterocycles. The van der Waals surface area contributed by atoms with Gasteiger partial charge < -0.3 is 14.2 Å². The first kappa shape index (κ1) is 14.4. The molecule has 0 atom stereocenters. The number of rotatable bonds is 5. The number of carbonyl (C=O) groups is 2. The Kier molecular flexibility index (Phi) is 4.81. The van der Waals surface area contributed by atoms with E-state index >= 15 is 0 Å². The van der Waals surface area contributed by atoms with Gasteiger partial charge in [0.25, 0.3) is 0 Å². The molecule has 0 unspecified atom stereocenters. The number of ether oxygens (including phenoxy) is 3. The van der Waals surface area contributed by atoms with Crippen LogP contribution in [0.2, 0.25) is 0 Å². The van der Waals surface area contributed by atoms with Crippen LogP contribution in [0.15, 0.2) is 18.2 Å². The van der Waals surface area contributed by atoms with Gasteiger partial charge in [-0.25, -0.2) is 9.59 Å². The lowest BCUT2D eigenvalue weighted by Crippen LogP contribution is -2.15. The van der Waals surface area contributed by atoms with E-state index in [0.29, 0.717) is 0 Å². The first-order valence-electron chi connectivity index (χ1n) is 5.06. The fourth-order valence-corrected chi connectivity index (χ4v) is 1.28. The summed E-state index contributed by atoms with van der Waals surface area (Å²) in [5.41, 5.74) is -0.576. The average molecular weight is 269 g/mol. The van der Waals surface area contributed by atoms with Gasteiger partial charge in [-0.1, -0.05) is 6.07 Å². The Morgan fingerprint density at radius 2 is 1.95 bits per heavy atom. The zero-order chi connectivity index (χ0) is 14.4. The van der Waals surface area contributed by atoms with Crippen molar-refractivity contribution in [2.24, 2.45) is 0 Å². The number of nitro groups is 1. The van der Waals surface area contributed by atoms with E-state index in [9.17, 15) is 19.7 Å². The third-order valence-electron chi connectivity index (χ3n) is 2.16. The van der Waals surface area contributed by atoms with Gasteiger partial charge in [-0.15, -0.1) is 0 Å². The smallest absolute Gasteiger partial charge is 0.343 e. The molecule has 8 heteroatoms. The van der Waals surface area contributed by atoms with Crippen LogP contribution in [0, 0.1) is 10.1 Å². The summed E-state index contributed by atoms with van der Waals surface area (Å²) in [7, 11) is 2.28. The molecule has 0 fully saturated rings. The van der Waals surface area contributed by atoms with Crippen molar-refractivity contribution in [1.82, 2.24) is 0 Å². The van der Waals surface area contributed by atoms with E-state index in [-0.39, 0.29) is 11.3 Å². The zero-order valence-electron chi connectivity index (χ0n) is 10.2. The molecule has 0 heterocycles. The second-order valence-corrected chi connectivity index (χ2v) is 3.27. The van der Waals surface area contributed by atoms with E-state index in [1.54, 1.807) is 0 Å². The molecular weight excluding hydrogens is 258 g/mol. The maximum absolute atomic E-state index is 11.5. The highest BCUT2D eigenvalue weighted by atomic mass is 16.6. The van der Waals surface area contributed by atoms with Crippen LogP contribution >= 0.6 is 0 Å². The van der Waals surface area contributed by atoms with Crippen LogP contribution in [-0.2, 0) is 14.3 Å². The third kappa shape index (κ3) is 3.41. The van der Waals surface area contributed by atoms with E-state index in [1.807, 2.05) is 0 Å². The Morgan fingerprint density at radius 3 is 2.47 bits per heavy atom. The van der Waals surface area contributed by atoms with Gasteiger partial charge in [-0.3, -0.25) is 10.1 Å². The van der Waals surface area contributed by atoms with Gasteiger partial charge in [0, 0.05) is 6.07 Å². The lowest BCUT2D eigenvalue weighted by molar-refractivity contribution is -0.385. The highest BCUT2D eigenvalue weighted by molar-refractivity contribution is 5.94. The maximum Gasteiger partial charge on any atom is 0.343 e. The van der Waals surface area contributed by atoms with Gasteiger partial charge in [-0.2, -0.15) is 0 Å². The molecule has 0 amide bonds. The molecule has 0 saturated carbocycles. The molecule has 0 spiro atoms. The molecule has 0 aromatic heterocycles. The number of hydrogen-bond donors (Lipinski definition) is 0. The third-order valence-corrected chi connectivity index (χ3v) is 2.16. The SMILES string of the molecule is COC(=O)COc1c(C(=O)OC)cccc1[N+](=O)[O-]. The minimum atomic E-state index is -0.802. The minimum absolute atomic E-state index is 0.138. The largest absolute Gasteiger partial charge is 0.474 e. The Morgan fingerprint density at radius 1 is 1.26 bits per heavy atom. The van der Waals surface area contributed by atoms with Crippen molar-refractivity contribution in [1.29, 1.82) is 0 Å². The Bertz CT molecular complexity index is 512. The van der Waals surface area contributed by atoms with Crippen LogP contribution < -0.4 is 4.74 Å². The highest BCUT2D eigenvalue weighted by Crippen LogP contribution is 2.31. The summed E-state index contributed by atoms with van der Waals surface area (Å²) < 4.78 is 13.8. The topological polar surface area (TPSA) is 105 Å². The summed E-state index contributed by atoms with van der Waals surface area (Å²) in [6.07, 6.45) is 0. The second-order valence-electron chi connectivity index (χ2n) is 3.27. The number of para-hydroxylation sites is 1. The fourth-order valence-electron chi connectivity index (χ4n) is 1.28. The Hall–Kier alpha value is -2.64. The molecule has 8 nitrogen and oxygen atoms in total. The Labute approximate surface area is 108 Å². The van der Waals surface area contributed by atoms with Crippen molar-refractivity contribution >= 4 is 17.6 Å². The number of hydrogen-bond acceptors (Lipinski definition) is 7. The lowest BCUT2D eigenvalue weighted by Gasteiger charge is -2.09. The number of nitro benzene ring substituents is 1. The molecule has 0 aliphatic rings. The van der Waals surface area contributed by atoms with Gasteiger partial charge >= 0.3 is 17.6 Å².